The van der Waals surface area contributed by atoms with Gasteiger partial charge in [0.05, 0.1) is 23.7 Å². The van der Waals surface area contributed by atoms with Gasteiger partial charge < -0.3 is 24.8 Å². The Labute approximate surface area is 228 Å². The summed E-state index contributed by atoms with van der Waals surface area (Å²) in [6, 6.07) is 12.4. The second kappa shape index (κ2) is 11.9. The van der Waals surface area contributed by atoms with E-state index < -0.39 is 0 Å². The van der Waals surface area contributed by atoms with Crippen molar-refractivity contribution >= 4 is 40.2 Å². The fourth-order valence-corrected chi connectivity index (χ4v) is 4.91. The van der Waals surface area contributed by atoms with Crippen molar-refractivity contribution < 1.29 is 19.1 Å². The van der Waals surface area contributed by atoms with Gasteiger partial charge in [-0.1, -0.05) is 43.6 Å². The molecule has 3 aromatic rings. The molecule has 0 saturated heterocycles. The number of halogens is 1. The molecule has 3 amide bonds. The summed E-state index contributed by atoms with van der Waals surface area (Å²) in [6.45, 7) is 6.80. The Morgan fingerprint density at radius 3 is 2.66 bits per heavy atom. The number of nitrogens with one attached hydrogen (secondary N) is 2. The smallest absolute Gasteiger partial charge is 0.256 e. The molecular weight excluding hydrogens is 504 g/mol. The largest absolute Gasteiger partial charge is 0.491 e. The van der Waals surface area contributed by atoms with Crippen molar-refractivity contribution in [1.29, 1.82) is 0 Å². The van der Waals surface area contributed by atoms with Gasteiger partial charge in [-0.25, -0.2) is 0 Å². The van der Waals surface area contributed by atoms with Crippen LogP contribution in [0.1, 0.15) is 53.1 Å². The van der Waals surface area contributed by atoms with Gasteiger partial charge in [0.2, 0.25) is 5.91 Å². The zero-order chi connectivity index (χ0) is 27.4. The van der Waals surface area contributed by atoms with Gasteiger partial charge in [0.25, 0.3) is 11.8 Å². The fourth-order valence-electron chi connectivity index (χ4n) is 4.74. The number of para-hydroxylation sites is 1. The number of aromatic nitrogens is 1. The number of ether oxygens (including phenoxy) is 1. The van der Waals surface area contributed by atoms with E-state index >= 15 is 0 Å². The molecule has 1 aromatic heterocycles. The summed E-state index contributed by atoms with van der Waals surface area (Å²) in [5, 5.41) is 7.27. The molecule has 0 bridgehead atoms. The number of aryl methyl sites for hydroxylation is 1. The average molecular weight is 539 g/mol. The lowest BCUT2D eigenvalue weighted by Gasteiger charge is -2.26. The van der Waals surface area contributed by atoms with Gasteiger partial charge in [-0.3, -0.25) is 14.4 Å². The molecule has 2 aromatic carbocycles. The Balaban J connectivity index is 1.61. The maximum Gasteiger partial charge on any atom is 0.256 e. The summed E-state index contributed by atoms with van der Waals surface area (Å²) in [5.74, 6) is -0.239. The zero-order valence-corrected chi connectivity index (χ0v) is 23.1. The van der Waals surface area contributed by atoms with Crippen LogP contribution >= 0.6 is 11.6 Å². The lowest BCUT2D eigenvalue weighted by Crippen LogP contribution is -2.48. The highest BCUT2D eigenvalue weighted by molar-refractivity contribution is 6.31. The SMILES string of the molecule is Cc1c(C(=O)N2CCCCNC(=O)c3cc(Cl)ccc3OC[C@H](C(C)C)NC(=O)C2)c2ccccc2n1C. The first-order valence-corrected chi connectivity index (χ1v) is 13.4. The van der Waals surface area contributed by atoms with Gasteiger partial charge in [0.1, 0.15) is 12.4 Å². The molecule has 9 heteroatoms. The van der Waals surface area contributed by atoms with Crippen LogP contribution in [-0.2, 0) is 11.8 Å². The maximum atomic E-state index is 13.9. The first kappa shape index (κ1) is 27.5. The minimum absolute atomic E-state index is 0.0590. The number of rotatable bonds is 2. The summed E-state index contributed by atoms with van der Waals surface area (Å²) in [7, 11) is 1.94. The molecule has 2 N–H and O–H groups in total. The van der Waals surface area contributed by atoms with E-state index in [1.807, 2.05) is 56.7 Å². The van der Waals surface area contributed by atoms with E-state index in [1.165, 1.54) is 0 Å². The van der Waals surface area contributed by atoms with Crippen LogP contribution in [0.2, 0.25) is 5.02 Å². The number of amides is 3. The average Bonchev–Trinajstić information content (AvgIpc) is 3.14. The number of nitrogens with zero attached hydrogens (tertiary/aromatic N) is 2. The number of fused-ring (bicyclic) bond motifs is 2. The normalized spacial score (nSPS) is 17.7. The molecule has 1 aliphatic heterocycles. The summed E-state index contributed by atoms with van der Waals surface area (Å²) < 4.78 is 8.01. The lowest BCUT2D eigenvalue weighted by atomic mass is 10.1. The Morgan fingerprint density at radius 2 is 1.89 bits per heavy atom. The molecule has 0 aliphatic carbocycles. The van der Waals surface area contributed by atoms with Crippen LogP contribution in [0.4, 0.5) is 0 Å². The molecule has 1 aliphatic rings. The monoisotopic (exact) mass is 538 g/mol. The van der Waals surface area contributed by atoms with Crippen LogP contribution < -0.4 is 15.4 Å². The maximum absolute atomic E-state index is 13.9. The second-order valence-electron chi connectivity index (χ2n) is 10.1. The third-order valence-electron chi connectivity index (χ3n) is 7.13. The Hall–Kier alpha value is -3.52. The number of benzene rings is 2. The van der Waals surface area contributed by atoms with E-state index in [0.717, 1.165) is 16.6 Å². The van der Waals surface area contributed by atoms with Crippen molar-refractivity contribution in [2.45, 2.75) is 39.7 Å². The predicted molar refractivity (Wildman–Crippen MR) is 149 cm³/mol. The van der Waals surface area contributed by atoms with Gasteiger partial charge in [-0.2, -0.15) is 0 Å². The van der Waals surface area contributed by atoms with Crippen LogP contribution in [0.15, 0.2) is 42.5 Å². The molecule has 4 rings (SSSR count). The Kier molecular flexibility index (Phi) is 8.62. The van der Waals surface area contributed by atoms with E-state index in [4.69, 9.17) is 16.3 Å². The van der Waals surface area contributed by atoms with Crippen molar-refractivity contribution in [3.63, 3.8) is 0 Å². The van der Waals surface area contributed by atoms with Crippen molar-refractivity contribution in [3.8, 4) is 5.75 Å². The number of carbonyl (C=O) groups excluding carboxylic acids is 3. The van der Waals surface area contributed by atoms with Crippen LogP contribution in [-0.4, -0.2) is 59.5 Å². The van der Waals surface area contributed by atoms with Crippen LogP contribution in [0, 0.1) is 12.8 Å². The summed E-state index contributed by atoms with van der Waals surface area (Å²) in [5.41, 5.74) is 2.78. The predicted octanol–water partition coefficient (Wildman–Crippen LogP) is 4.33. The van der Waals surface area contributed by atoms with Crippen molar-refractivity contribution in [3.05, 3.63) is 64.3 Å². The molecule has 0 fully saturated rings. The Morgan fingerprint density at radius 1 is 1.13 bits per heavy atom. The summed E-state index contributed by atoms with van der Waals surface area (Å²) in [4.78, 5) is 41.6. The van der Waals surface area contributed by atoms with E-state index in [9.17, 15) is 14.4 Å². The Bertz CT molecular complexity index is 1350. The topological polar surface area (TPSA) is 92.7 Å². The van der Waals surface area contributed by atoms with Crippen molar-refractivity contribution in [1.82, 2.24) is 20.1 Å². The molecule has 1 atom stereocenters. The highest BCUT2D eigenvalue weighted by atomic mass is 35.5. The van der Waals surface area contributed by atoms with E-state index in [-0.39, 0.29) is 42.8 Å². The molecule has 0 spiro atoms. The van der Waals surface area contributed by atoms with Crippen LogP contribution in [0.5, 0.6) is 5.75 Å². The number of carbonyl (C=O) groups is 3. The minimum Gasteiger partial charge on any atom is -0.491 e. The summed E-state index contributed by atoms with van der Waals surface area (Å²) >= 11 is 6.15. The van der Waals surface area contributed by atoms with Gasteiger partial charge in [-0.15, -0.1) is 0 Å². The highest BCUT2D eigenvalue weighted by Gasteiger charge is 2.27. The third-order valence-corrected chi connectivity index (χ3v) is 7.37. The fraction of sp³-hybridized carbons (Fsp3) is 0.414. The number of hydrogen-bond donors (Lipinski definition) is 2. The van der Waals surface area contributed by atoms with Crippen LogP contribution in [0.3, 0.4) is 0 Å². The highest BCUT2D eigenvalue weighted by Crippen LogP contribution is 2.27. The second-order valence-corrected chi connectivity index (χ2v) is 10.5. The van der Waals surface area contributed by atoms with Gasteiger partial charge in [0, 0.05) is 41.8 Å². The molecule has 2 heterocycles. The standard InChI is InChI=1S/C29H35ClN4O4/c1-18(2)23-17-38-25-12-11-20(30)15-22(25)28(36)31-13-7-8-14-34(16-26(35)32-23)29(37)27-19(3)33(4)24-10-6-5-9-21(24)27/h5-6,9-12,15,18,23H,7-8,13-14,16-17H2,1-4H3,(H,31,36)(H,32,35)/t23-/m1/s1. The van der Waals surface area contributed by atoms with E-state index in [1.54, 1.807) is 23.1 Å². The molecule has 38 heavy (non-hydrogen) atoms. The molecular formula is C29H35ClN4O4. The molecule has 8 nitrogen and oxygen atoms in total. The van der Waals surface area contributed by atoms with E-state index in [2.05, 4.69) is 10.6 Å². The first-order chi connectivity index (χ1) is 18.2. The zero-order valence-electron chi connectivity index (χ0n) is 22.3. The molecule has 0 unspecified atom stereocenters. The molecule has 202 valence electrons. The number of hydrogen-bond acceptors (Lipinski definition) is 4. The molecule has 0 radical (unpaired) electrons. The van der Waals surface area contributed by atoms with Gasteiger partial charge in [0.15, 0.2) is 0 Å². The minimum atomic E-state index is -0.324. The first-order valence-electron chi connectivity index (χ1n) is 13.0. The quantitative estimate of drug-likeness (QED) is 0.508. The third kappa shape index (κ3) is 5.96. The van der Waals surface area contributed by atoms with Gasteiger partial charge in [-0.05, 0) is 49.9 Å². The van der Waals surface area contributed by atoms with E-state index in [0.29, 0.717) is 47.8 Å². The molecule has 0 saturated carbocycles. The van der Waals surface area contributed by atoms with Crippen molar-refractivity contribution in [2.75, 3.05) is 26.2 Å². The summed E-state index contributed by atoms with van der Waals surface area (Å²) in [6.07, 6.45) is 1.26. The lowest BCUT2D eigenvalue weighted by molar-refractivity contribution is -0.123. The van der Waals surface area contributed by atoms with Gasteiger partial charge >= 0.3 is 0 Å². The van der Waals surface area contributed by atoms with Crippen LogP contribution in [0.25, 0.3) is 10.9 Å². The van der Waals surface area contributed by atoms with Crippen molar-refractivity contribution in [2.24, 2.45) is 13.0 Å².